The van der Waals surface area contributed by atoms with Crippen molar-refractivity contribution in [1.82, 2.24) is 10.3 Å². The number of nitrogens with zero attached hydrogens (tertiary/aromatic N) is 1. The van der Waals surface area contributed by atoms with Crippen molar-refractivity contribution < 1.29 is 35.9 Å². The Balaban J connectivity index is 2.13. The first-order valence-electron chi connectivity index (χ1n) is 8.96. The number of carbonyl (C=O) groups excluding carboxylic acids is 2. The van der Waals surface area contributed by atoms with E-state index in [1.807, 2.05) is 0 Å². The first-order valence-corrected chi connectivity index (χ1v) is 9.77. The average molecular weight is 466 g/mol. The number of anilines is 1. The number of pyridine rings is 1. The minimum absolute atomic E-state index is 0.306. The molecule has 4 N–H and O–H groups in total. The lowest BCUT2D eigenvalue weighted by molar-refractivity contribution is -0.293. The van der Waals surface area contributed by atoms with Crippen molar-refractivity contribution >= 4 is 28.2 Å². The van der Waals surface area contributed by atoms with Gasteiger partial charge in [-0.15, -0.1) is 11.3 Å². The number of hydrogen-bond donors (Lipinski definition) is 3. The number of primary amides is 1. The van der Waals surface area contributed by atoms with E-state index in [0.717, 1.165) is 29.8 Å². The van der Waals surface area contributed by atoms with E-state index in [1.165, 1.54) is 5.32 Å². The van der Waals surface area contributed by atoms with E-state index in [2.05, 4.69) is 4.98 Å². The molecule has 6 nitrogen and oxygen atoms in total. The molecule has 2 aromatic heterocycles. The largest absolute Gasteiger partial charge is 0.439 e. The molecule has 31 heavy (non-hydrogen) atoms. The van der Waals surface area contributed by atoms with E-state index < -0.39 is 46.0 Å². The molecule has 0 spiro atoms. The van der Waals surface area contributed by atoms with E-state index in [0.29, 0.717) is 47.5 Å². The number of nitrogens with two attached hydrogens (primary N) is 1. The number of hydrogen-bond acceptors (Lipinski definition) is 5. The highest BCUT2D eigenvalue weighted by Gasteiger charge is 2.73. The van der Waals surface area contributed by atoms with E-state index in [-0.39, 0.29) is 0 Å². The number of carbonyl (C=O) groups is 2. The summed E-state index contributed by atoms with van der Waals surface area (Å²) in [5.41, 5.74) is -0.125. The van der Waals surface area contributed by atoms with Gasteiger partial charge in [0.05, 0.1) is 5.56 Å². The van der Waals surface area contributed by atoms with E-state index in [9.17, 15) is 35.9 Å². The molecule has 13 heteroatoms. The fraction of sp³-hybridized carbons (Fsp3) is 0.389. The molecule has 0 saturated carbocycles. The first-order chi connectivity index (χ1) is 14.4. The van der Waals surface area contributed by atoms with Gasteiger partial charge >= 0.3 is 18.0 Å². The fourth-order valence-electron chi connectivity index (χ4n) is 3.31. The van der Waals surface area contributed by atoms with Crippen molar-refractivity contribution in [1.29, 1.82) is 0 Å². The predicted octanol–water partition coefficient (Wildman–Crippen LogP) is 3.78. The minimum atomic E-state index is -6.02. The van der Waals surface area contributed by atoms with Crippen molar-refractivity contribution in [2.75, 3.05) is 5.32 Å². The molecule has 3 rings (SSSR count). The van der Waals surface area contributed by atoms with Crippen LogP contribution in [0.3, 0.4) is 0 Å². The normalized spacial score (nSPS) is 14.6. The SMILES string of the molecule is NC(=O)c1c(NC(NC(=O)c2ccncc2)(C(F)(F)F)C(F)(F)F)sc2c1CCCC2. The molecule has 2 amide bonds. The topological polar surface area (TPSA) is 97.1 Å². The Morgan fingerprint density at radius 2 is 1.58 bits per heavy atom. The zero-order chi connectivity index (χ0) is 23.0. The first kappa shape index (κ1) is 22.8. The average Bonchev–Trinajstić information content (AvgIpc) is 3.04. The van der Waals surface area contributed by atoms with Crippen LogP contribution >= 0.6 is 11.3 Å². The van der Waals surface area contributed by atoms with Crippen LogP contribution in [0.25, 0.3) is 0 Å². The highest BCUT2D eigenvalue weighted by Crippen LogP contribution is 2.47. The third kappa shape index (κ3) is 4.18. The van der Waals surface area contributed by atoms with Crippen LogP contribution in [0.1, 0.15) is 44.0 Å². The van der Waals surface area contributed by atoms with Gasteiger partial charge in [-0.25, -0.2) is 0 Å². The Kier molecular flexibility index (Phi) is 5.91. The van der Waals surface area contributed by atoms with Crippen LogP contribution < -0.4 is 16.4 Å². The summed E-state index contributed by atoms with van der Waals surface area (Å²) in [6.45, 7) is 0. The van der Waals surface area contributed by atoms with Crippen LogP contribution in [0.4, 0.5) is 31.3 Å². The molecule has 0 aromatic carbocycles. The lowest BCUT2D eigenvalue weighted by Crippen LogP contribution is -2.72. The summed E-state index contributed by atoms with van der Waals surface area (Å²) in [4.78, 5) is 28.3. The molecule has 1 aliphatic carbocycles. The van der Waals surface area contributed by atoms with Gasteiger partial charge in [0.25, 0.3) is 11.8 Å². The van der Waals surface area contributed by atoms with Gasteiger partial charge in [0.2, 0.25) is 0 Å². The van der Waals surface area contributed by atoms with E-state index >= 15 is 0 Å². The number of alkyl halides is 6. The zero-order valence-electron chi connectivity index (χ0n) is 15.7. The summed E-state index contributed by atoms with van der Waals surface area (Å²) in [5, 5.41) is 1.76. The van der Waals surface area contributed by atoms with Crippen molar-refractivity contribution in [2.24, 2.45) is 5.73 Å². The number of halogens is 6. The highest BCUT2D eigenvalue weighted by atomic mass is 32.1. The number of aromatic nitrogens is 1. The highest BCUT2D eigenvalue weighted by molar-refractivity contribution is 7.16. The number of rotatable bonds is 5. The van der Waals surface area contributed by atoms with Gasteiger partial charge < -0.3 is 16.4 Å². The van der Waals surface area contributed by atoms with Crippen molar-refractivity contribution in [3.8, 4) is 0 Å². The molecule has 2 aromatic rings. The standard InChI is InChI=1S/C18H16F6N4O2S/c19-17(20,21)16(18(22,23)24,27-14(30)9-5-7-26-8-6-9)28-15-12(13(25)29)10-3-1-2-4-11(10)31-15/h5-8,28H,1-4H2,(H2,25,29)(H,27,30). The van der Waals surface area contributed by atoms with E-state index in [1.54, 1.807) is 0 Å². The van der Waals surface area contributed by atoms with Crippen molar-refractivity contribution in [3.63, 3.8) is 0 Å². The molecule has 0 unspecified atom stereocenters. The van der Waals surface area contributed by atoms with Gasteiger partial charge in [-0.3, -0.25) is 14.6 Å². The van der Waals surface area contributed by atoms with Crippen molar-refractivity contribution in [3.05, 3.63) is 46.1 Å². The quantitative estimate of drug-likeness (QED) is 0.462. The molecule has 0 radical (unpaired) electrons. The summed E-state index contributed by atoms with van der Waals surface area (Å²) in [5.74, 6) is -2.79. The van der Waals surface area contributed by atoms with Crippen molar-refractivity contribution in [2.45, 2.75) is 43.7 Å². The maximum atomic E-state index is 13.9. The lowest BCUT2D eigenvalue weighted by Gasteiger charge is -2.38. The third-order valence-corrected chi connectivity index (χ3v) is 6.02. The van der Waals surface area contributed by atoms with Crippen LogP contribution in [0, 0.1) is 0 Å². The molecule has 0 aliphatic heterocycles. The van der Waals surface area contributed by atoms with Gasteiger partial charge in [0.1, 0.15) is 5.00 Å². The van der Waals surface area contributed by atoms with Crippen LogP contribution in [0.15, 0.2) is 24.5 Å². The third-order valence-electron chi connectivity index (χ3n) is 4.81. The molecule has 168 valence electrons. The number of thiophene rings is 1. The zero-order valence-corrected chi connectivity index (χ0v) is 16.5. The molecule has 0 fully saturated rings. The van der Waals surface area contributed by atoms with Gasteiger partial charge in [-0.2, -0.15) is 26.3 Å². The Labute approximate surface area is 175 Å². The smallest absolute Gasteiger partial charge is 0.365 e. The summed E-state index contributed by atoms with van der Waals surface area (Å²) in [7, 11) is 0. The van der Waals surface area contributed by atoms with Gasteiger partial charge in [0.15, 0.2) is 0 Å². The minimum Gasteiger partial charge on any atom is -0.365 e. The van der Waals surface area contributed by atoms with Gasteiger partial charge in [0, 0.05) is 22.8 Å². The maximum absolute atomic E-state index is 13.9. The molecular formula is C18H16F6N4O2S. The summed E-state index contributed by atoms with van der Waals surface area (Å²) < 4.78 is 83.6. The van der Waals surface area contributed by atoms with Crippen LogP contribution in [-0.2, 0) is 12.8 Å². The number of fused-ring (bicyclic) bond motifs is 1. The molecule has 0 saturated heterocycles. The lowest BCUT2D eigenvalue weighted by atomic mass is 9.95. The monoisotopic (exact) mass is 466 g/mol. The summed E-state index contributed by atoms with van der Waals surface area (Å²) >= 11 is 0.599. The maximum Gasteiger partial charge on any atom is 0.439 e. The number of amides is 2. The molecular weight excluding hydrogens is 450 g/mol. The van der Waals surface area contributed by atoms with Crippen LogP contribution in [0.5, 0.6) is 0 Å². The Morgan fingerprint density at radius 1 is 1.00 bits per heavy atom. The number of aryl methyl sites for hydroxylation is 1. The molecule has 0 bridgehead atoms. The fourth-order valence-corrected chi connectivity index (χ4v) is 4.66. The number of nitrogens with one attached hydrogen (secondary N) is 2. The molecule has 1 aliphatic rings. The second kappa shape index (κ2) is 8.02. The Bertz CT molecular complexity index is 973. The molecule has 2 heterocycles. The molecule has 0 atom stereocenters. The van der Waals surface area contributed by atoms with Crippen LogP contribution in [0.2, 0.25) is 0 Å². The predicted molar refractivity (Wildman–Crippen MR) is 99.6 cm³/mol. The summed E-state index contributed by atoms with van der Waals surface area (Å²) in [6, 6.07) is 1.93. The van der Waals surface area contributed by atoms with Crippen LogP contribution in [-0.4, -0.2) is 34.8 Å². The summed E-state index contributed by atoms with van der Waals surface area (Å²) in [6.07, 6.45) is -7.95. The second-order valence-corrected chi connectivity index (χ2v) is 7.94. The van der Waals surface area contributed by atoms with Gasteiger partial charge in [-0.05, 0) is 43.4 Å². The second-order valence-electron chi connectivity index (χ2n) is 6.84. The van der Waals surface area contributed by atoms with E-state index in [4.69, 9.17) is 5.73 Å². The Morgan fingerprint density at radius 3 is 2.13 bits per heavy atom. The Hall–Kier alpha value is -2.83. The van der Waals surface area contributed by atoms with Gasteiger partial charge in [-0.1, -0.05) is 0 Å².